The molecule has 0 aliphatic carbocycles. The molecule has 4 rings (SSSR count). The highest BCUT2D eigenvalue weighted by molar-refractivity contribution is 7.99. The summed E-state index contributed by atoms with van der Waals surface area (Å²) in [6.45, 7) is 0.657. The van der Waals surface area contributed by atoms with Gasteiger partial charge in [-0.25, -0.2) is 4.39 Å². The van der Waals surface area contributed by atoms with Crippen molar-refractivity contribution in [3.63, 3.8) is 0 Å². The molecule has 0 unspecified atom stereocenters. The molecule has 2 N–H and O–H groups in total. The van der Waals surface area contributed by atoms with Crippen LogP contribution in [0.4, 0.5) is 15.8 Å². The van der Waals surface area contributed by atoms with E-state index < -0.39 is 0 Å². The van der Waals surface area contributed by atoms with Gasteiger partial charge in [0.2, 0.25) is 0 Å². The first-order chi connectivity index (χ1) is 12.3. The summed E-state index contributed by atoms with van der Waals surface area (Å²) in [5, 5.41) is 7.31. The van der Waals surface area contributed by atoms with Gasteiger partial charge >= 0.3 is 0 Å². The number of rotatable bonds is 3. The van der Waals surface area contributed by atoms with Crippen LogP contribution >= 0.6 is 11.8 Å². The van der Waals surface area contributed by atoms with Gasteiger partial charge in [-0.2, -0.15) is 11.8 Å². The van der Waals surface area contributed by atoms with E-state index in [9.17, 15) is 4.39 Å². The first-order valence-corrected chi connectivity index (χ1v) is 9.92. The number of hydrogen-bond acceptors (Lipinski definition) is 3. The third kappa shape index (κ3) is 3.52. The van der Waals surface area contributed by atoms with Crippen LogP contribution in [-0.2, 0) is 6.42 Å². The molecule has 0 aromatic heterocycles. The average molecular weight is 355 g/mol. The Morgan fingerprint density at radius 2 is 1.84 bits per heavy atom. The van der Waals surface area contributed by atoms with Crippen molar-refractivity contribution >= 4 is 29.0 Å². The van der Waals surface area contributed by atoms with Crippen LogP contribution in [-0.4, -0.2) is 29.4 Å². The van der Waals surface area contributed by atoms with Crippen molar-refractivity contribution in [1.82, 2.24) is 0 Å². The first kappa shape index (κ1) is 16.5. The fourth-order valence-electron chi connectivity index (χ4n) is 3.53. The Balaban J connectivity index is 1.56. The predicted octanol–water partition coefficient (Wildman–Crippen LogP) is 4.57. The average Bonchev–Trinajstić information content (AvgIpc) is 2.63. The van der Waals surface area contributed by atoms with Crippen molar-refractivity contribution in [2.45, 2.75) is 24.8 Å². The summed E-state index contributed by atoms with van der Waals surface area (Å²) in [5.74, 6) is 3.12. The van der Waals surface area contributed by atoms with E-state index in [1.54, 1.807) is 12.1 Å². The zero-order valence-electron chi connectivity index (χ0n) is 14.1. The number of benzene rings is 2. The second-order valence-corrected chi connectivity index (χ2v) is 7.83. The van der Waals surface area contributed by atoms with Crippen molar-refractivity contribution in [3.8, 4) is 0 Å². The molecule has 0 bridgehead atoms. The summed E-state index contributed by atoms with van der Waals surface area (Å²) in [7, 11) is 0. The number of para-hydroxylation sites is 2. The maximum Gasteiger partial charge on any atom is 0.127 e. The van der Waals surface area contributed by atoms with Crippen LogP contribution in [0.2, 0.25) is 0 Å². The van der Waals surface area contributed by atoms with E-state index in [0.717, 1.165) is 53.5 Å². The molecule has 2 aliphatic heterocycles. The molecular formula is C20H22FN3S. The lowest BCUT2D eigenvalue weighted by atomic mass is 9.87. The summed E-state index contributed by atoms with van der Waals surface area (Å²) in [5.41, 5.74) is 3.12. The van der Waals surface area contributed by atoms with Crippen LogP contribution in [0.25, 0.3) is 0 Å². The highest BCUT2D eigenvalue weighted by Gasteiger charge is 2.40. The lowest BCUT2D eigenvalue weighted by Crippen LogP contribution is -2.54. The Labute approximate surface area is 152 Å². The number of amidine groups is 1. The fraction of sp³-hybridized carbons (Fsp3) is 0.350. The van der Waals surface area contributed by atoms with Crippen LogP contribution in [0.15, 0.2) is 53.5 Å². The molecule has 2 aromatic carbocycles. The Morgan fingerprint density at radius 1 is 1.04 bits per heavy atom. The minimum atomic E-state index is -0.183. The number of thioether (sulfide) groups is 1. The van der Waals surface area contributed by atoms with Gasteiger partial charge < -0.3 is 10.6 Å². The van der Waals surface area contributed by atoms with E-state index in [-0.39, 0.29) is 11.4 Å². The number of anilines is 2. The van der Waals surface area contributed by atoms with E-state index in [1.165, 1.54) is 6.07 Å². The van der Waals surface area contributed by atoms with E-state index in [2.05, 4.69) is 28.8 Å². The summed E-state index contributed by atoms with van der Waals surface area (Å²) in [4.78, 5) is 4.90. The van der Waals surface area contributed by atoms with Crippen LogP contribution in [0, 0.1) is 5.82 Å². The molecule has 1 fully saturated rings. The van der Waals surface area contributed by atoms with Crippen molar-refractivity contribution in [1.29, 1.82) is 0 Å². The van der Waals surface area contributed by atoms with Crippen LogP contribution < -0.4 is 10.6 Å². The molecule has 2 aliphatic rings. The summed E-state index contributed by atoms with van der Waals surface area (Å²) >= 11 is 2.00. The topological polar surface area (TPSA) is 36.4 Å². The van der Waals surface area contributed by atoms with E-state index in [1.807, 2.05) is 23.9 Å². The molecule has 0 amide bonds. The molecule has 2 heterocycles. The number of halogens is 1. The molecular weight excluding hydrogens is 333 g/mol. The molecule has 2 aromatic rings. The van der Waals surface area contributed by atoms with E-state index in [0.29, 0.717) is 6.54 Å². The summed E-state index contributed by atoms with van der Waals surface area (Å²) < 4.78 is 13.3. The first-order valence-electron chi connectivity index (χ1n) is 8.77. The van der Waals surface area contributed by atoms with Gasteiger partial charge in [-0.3, -0.25) is 4.99 Å². The lowest BCUT2D eigenvalue weighted by Gasteiger charge is -2.43. The van der Waals surface area contributed by atoms with Gasteiger partial charge in [-0.05, 0) is 60.6 Å². The van der Waals surface area contributed by atoms with E-state index >= 15 is 0 Å². The van der Waals surface area contributed by atoms with Crippen LogP contribution in [0.3, 0.4) is 0 Å². The standard InChI is InChI=1S/C20H22FN3S/c21-16-5-3-4-15(14-16)8-11-22-19-20(9-12-25-13-10-20)24-18-7-2-1-6-17(18)23-19/h1-7,14,24H,8-13H2,(H,22,23). The smallest absolute Gasteiger partial charge is 0.127 e. The number of fused-ring (bicyclic) bond motifs is 1. The minimum Gasteiger partial charge on any atom is -0.371 e. The second kappa shape index (κ2) is 7.08. The highest BCUT2D eigenvalue weighted by Crippen LogP contribution is 2.38. The third-order valence-corrected chi connectivity index (χ3v) is 5.90. The molecule has 130 valence electrons. The van der Waals surface area contributed by atoms with Gasteiger partial charge in [0.05, 0.1) is 16.9 Å². The molecule has 0 atom stereocenters. The predicted molar refractivity (Wildman–Crippen MR) is 105 cm³/mol. The minimum absolute atomic E-state index is 0.0957. The number of hydrogen-bond donors (Lipinski definition) is 2. The van der Waals surface area contributed by atoms with E-state index in [4.69, 9.17) is 4.99 Å². The zero-order chi connectivity index (χ0) is 17.1. The Bertz CT molecular complexity index is 784. The fourth-order valence-corrected chi connectivity index (χ4v) is 4.72. The summed E-state index contributed by atoms with van der Waals surface area (Å²) in [6.07, 6.45) is 2.88. The Hall–Kier alpha value is -2.01. The SMILES string of the molecule is Fc1cccc(CCN=C2Nc3ccccc3NC23CCSCC3)c1. The number of nitrogens with one attached hydrogen (secondary N) is 2. The zero-order valence-corrected chi connectivity index (χ0v) is 14.9. The molecule has 1 saturated heterocycles. The highest BCUT2D eigenvalue weighted by atomic mass is 32.2. The van der Waals surface area contributed by atoms with Gasteiger partial charge in [0, 0.05) is 6.54 Å². The molecule has 0 radical (unpaired) electrons. The lowest BCUT2D eigenvalue weighted by molar-refractivity contribution is 0.560. The summed E-state index contributed by atoms with van der Waals surface area (Å²) in [6, 6.07) is 15.1. The molecule has 0 saturated carbocycles. The van der Waals surface area contributed by atoms with Crippen LogP contribution in [0.1, 0.15) is 18.4 Å². The Morgan fingerprint density at radius 3 is 2.64 bits per heavy atom. The quantitative estimate of drug-likeness (QED) is 0.847. The van der Waals surface area contributed by atoms with Crippen molar-refractivity contribution in [2.24, 2.45) is 4.99 Å². The second-order valence-electron chi connectivity index (χ2n) is 6.60. The maximum atomic E-state index is 13.3. The molecule has 5 heteroatoms. The normalized spacial score (nSPS) is 20.0. The number of nitrogens with zero attached hydrogens (tertiary/aromatic N) is 1. The monoisotopic (exact) mass is 355 g/mol. The van der Waals surface area contributed by atoms with Gasteiger partial charge in [-0.15, -0.1) is 0 Å². The Kier molecular flexibility index (Phi) is 4.66. The molecule has 1 spiro atoms. The molecule has 3 nitrogen and oxygen atoms in total. The maximum absolute atomic E-state index is 13.3. The van der Waals surface area contributed by atoms with Gasteiger partial charge in [0.25, 0.3) is 0 Å². The van der Waals surface area contributed by atoms with Crippen molar-refractivity contribution < 1.29 is 4.39 Å². The van der Waals surface area contributed by atoms with Gasteiger partial charge in [0.1, 0.15) is 11.7 Å². The van der Waals surface area contributed by atoms with Crippen molar-refractivity contribution in [2.75, 3.05) is 28.7 Å². The molecule has 25 heavy (non-hydrogen) atoms. The number of aliphatic imine (C=N–C) groups is 1. The van der Waals surface area contributed by atoms with Crippen LogP contribution in [0.5, 0.6) is 0 Å². The third-order valence-electron chi connectivity index (χ3n) is 4.91. The van der Waals surface area contributed by atoms with Crippen molar-refractivity contribution in [3.05, 3.63) is 59.9 Å². The van der Waals surface area contributed by atoms with Gasteiger partial charge in [0.15, 0.2) is 0 Å². The largest absolute Gasteiger partial charge is 0.371 e. The van der Waals surface area contributed by atoms with Gasteiger partial charge in [-0.1, -0.05) is 24.3 Å².